The lowest BCUT2D eigenvalue weighted by Crippen LogP contribution is -1.87. The molecule has 0 radical (unpaired) electrons. The number of alkyl halides is 2. The van der Waals surface area contributed by atoms with E-state index in [1.165, 1.54) is 5.56 Å². The van der Waals surface area contributed by atoms with Gasteiger partial charge in [-0.05, 0) is 12.0 Å². The van der Waals surface area contributed by atoms with Gasteiger partial charge in [-0.3, -0.25) is 0 Å². The zero-order chi connectivity index (χ0) is 7.90. The number of halogens is 2. The molecule has 1 fully saturated rings. The second-order valence-corrected chi connectivity index (χ2v) is 5.47. The summed E-state index contributed by atoms with van der Waals surface area (Å²) in [4.78, 5) is 0. The summed E-state index contributed by atoms with van der Waals surface area (Å²) in [6.45, 7) is 0. The second-order valence-electron chi connectivity index (χ2n) is 2.93. The molecule has 0 aliphatic heterocycles. The fourth-order valence-electron chi connectivity index (χ4n) is 1.26. The van der Waals surface area contributed by atoms with E-state index in [1.807, 2.05) is 18.2 Å². The molecule has 1 aromatic rings. The Balaban J connectivity index is 2.21. The molecule has 58 valence electrons. The van der Waals surface area contributed by atoms with E-state index in [0.717, 1.165) is 6.42 Å². The van der Waals surface area contributed by atoms with Gasteiger partial charge >= 0.3 is 0 Å². The molecule has 0 N–H and O–H groups in total. The molecule has 2 heteroatoms. The topological polar surface area (TPSA) is 0 Å². The van der Waals surface area contributed by atoms with Crippen molar-refractivity contribution in [1.29, 1.82) is 0 Å². The van der Waals surface area contributed by atoms with Gasteiger partial charge in [0.25, 0.3) is 0 Å². The van der Waals surface area contributed by atoms with Crippen molar-refractivity contribution in [2.45, 2.75) is 16.1 Å². The number of hydrogen-bond acceptors (Lipinski definition) is 0. The minimum absolute atomic E-state index is 0.144. The highest BCUT2D eigenvalue weighted by Gasteiger charge is 2.51. The van der Waals surface area contributed by atoms with Crippen LogP contribution in [-0.2, 0) is 0 Å². The fourth-order valence-corrected chi connectivity index (χ4v) is 2.13. The standard InChI is InChI=1S/C9H8BrCl/c10-9(11)6-8(9)7-4-2-1-3-5-7/h1-5,8H,6H2/t8-,9+/m0/s1. The van der Waals surface area contributed by atoms with Crippen LogP contribution in [0.4, 0.5) is 0 Å². The second kappa shape index (κ2) is 2.49. The first-order chi connectivity index (χ1) is 5.20. The molecule has 1 aromatic carbocycles. The molecular weight excluding hydrogens is 223 g/mol. The van der Waals surface area contributed by atoms with Gasteiger partial charge in [-0.2, -0.15) is 0 Å². The Morgan fingerprint density at radius 1 is 1.36 bits per heavy atom. The molecule has 11 heavy (non-hydrogen) atoms. The fraction of sp³-hybridized carbons (Fsp3) is 0.333. The average Bonchev–Trinajstić information content (AvgIpc) is 2.62. The summed E-state index contributed by atoms with van der Waals surface area (Å²) in [7, 11) is 0. The van der Waals surface area contributed by atoms with Crippen molar-refractivity contribution in [3.63, 3.8) is 0 Å². The van der Waals surface area contributed by atoms with Crippen LogP contribution in [0.5, 0.6) is 0 Å². The van der Waals surface area contributed by atoms with Crippen LogP contribution in [0.25, 0.3) is 0 Å². The van der Waals surface area contributed by atoms with Gasteiger partial charge in [0.1, 0.15) is 3.78 Å². The molecule has 0 aromatic heterocycles. The highest BCUT2D eigenvalue weighted by atomic mass is 79.9. The van der Waals surface area contributed by atoms with Crippen molar-refractivity contribution >= 4 is 27.5 Å². The summed E-state index contributed by atoms with van der Waals surface area (Å²) in [5, 5.41) is 0. The first kappa shape index (κ1) is 7.63. The summed E-state index contributed by atoms with van der Waals surface area (Å²) < 4.78 is -0.144. The van der Waals surface area contributed by atoms with Crippen molar-refractivity contribution in [2.75, 3.05) is 0 Å². The summed E-state index contributed by atoms with van der Waals surface area (Å²) in [5.41, 5.74) is 1.33. The molecule has 1 saturated carbocycles. The molecule has 1 aliphatic carbocycles. The smallest absolute Gasteiger partial charge is 0.106 e. The van der Waals surface area contributed by atoms with Crippen LogP contribution in [-0.4, -0.2) is 3.78 Å². The van der Waals surface area contributed by atoms with Crippen LogP contribution in [0.1, 0.15) is 17.9 Å². The maximum atomic E-state index is 6.06. The molecule has 0 unspecified atom stereocenters. The van der Waals surface area contributed by atoms with Crippen LogP contribution in [0.3, 0.4) is 0 Å². The highest BCUT2D eigenvalue weighted by molar-refractivity contribution is 9.10. The summed E-state index contributed by atoms with van der Waals surface area (Å²) >= 11 is 9.51. The van der Waals surface area contributed by atoms with E-state index >= 15 is 0 Å². The predicted molar refractivity (Wildman–Crippen MR) is 51.3 cm³/mol. The van der Waals surface area contributed by atoms with Crippen molar-refractivity contribution in [1.82, 2.24) is 0 Å². The van der Waals surface area contributed by atoms with E-state index in [4.69, 9.17) is 11.6 Å². The van der Waals surface area contributed by atoms with Gasteiger partial charge in [-0.15, -0.1) is 11.6 Å². The lowest BCUT2D eigenvalue weighted by molar-refractivity contribution is 1.12. The molecular formula is C9H8BrCl. The Morgan fingerprint density at radius 3 is 2.36 bits per heavy atom. The van der Waals surface area contributed by atoms with E-state index in [-0.39, 0.29) is 3.78 Å². The normalized spacial score (nSPS) is 35.3. The number of benzene rings is 1. The highest BCUT2D eigenvalue weighted by Crippen LogP contribution is 2.60. The molecule has 2 rings (SSSR count). The zero-order valence-electron chi connectivity index (χ0n) is 5.93. The molecule has 0 nitrogen and oxygen atoms in total. The van der Waals surface area contributed by atoms with E-state index in [1.54, 1.807) is 0 Å². The maximum absolute atomic E-state index is 6.06. The van der Waals surface area contributed by atoms with Crippen LogP contribution < -0.4 is 0 Å². The Bertz CT molecular complexity index is 256. The van der Waals surface area contributed by atoms with E-state index in [0.29, 0.717) is 5.92 Å². The summed E-state index contributed by atoms with van der Waals surface area (Å²) in [6.07, 6.45) is 1.04. The van der Waals surface area contributed by atoms with Gasteiger partial charge in [-0.1, -0.05) is 46.3 Å². The molecule has 0 saturated heterocycles. The molecule has 0 bridgehead atoms. The third-order valence-corrected chi connectivity index (χ3v) is 3.32. The quantitative estimate of drug-likeness (QED) is 0.649. The lowest BCUT2D eigenvalue weighted by atomic mass is 10.1. The van der Waals surface area contributed by atoms with Crippen LogP contribution >= 0.6 is 27.5 Å². The average molecular weight is 232 g/mol. The van der Waals surface area contributed by atoms with Gasteiger partial charge in [0, 0.05) is 5.92 Å². The van der Waals surface area contributed by atoms with E-state index in [9.17, 15) is 0 Å². The van der Waals surface area contributed by atoms with Crippen LogP contribution in [0.15, 0.2) is 30.3 Å². The summed E-state index contributed by atoms with van der Waals surface area (Å²) in [5.74, 6) is 0.505. The first-order valence-electron chi connectivity index (χ1n) is 3.63. The van der Waals surface area contributed by atoms with Gasteiger partial charge in [0.15, 0.2) is 0 Å². The zero-order valence-corrected chi connectivity index (χ0v) is 8.27. The Kier molecular flexibility index (Phi) is 1.73. The van der Waals surface area contributed by atoms with Crippen LogP contribution in [0, 0.1) is 0 Å². The molecule has 1 aliphatic rings. The molecule has 0 heterocycles. The van der Waals surface area contributed by atoms with Gasteiger partial charge < -0.3 is 0 Å². The lowest BCUT2D eigenvalue weighted by Gasteiger charge is -1.98. The first-order valence-corrected chi connectivity index (χ1v) is 4.80. The van der Waals surface area contributed by atoms with Gasteiger partial charge in [0.05, 0.1) is 0 Å². The maximum Gasteiger partial charge on any atom is 0.107 e. The van der Waals surface area contributed by atoms with E-state index in [2.05, 4.69) is 28.1 Å². The largest absolute Gasteiger partial charge is 0.107 e. The van der Waals surface area contributed by atoms with Crippen molar-refractivity contribution in [3.8, 4) is 0 Å². The summed E-state index contributed by atoms with van der Waals surface area (Å²) in [6, 6.07) is 10.4. The van der Waals surface area contributed by atoms with Crippen molar-refractivity contribution in [2.24, 2.45) is 0 Å². The Labute approximate surface area is 79.7 Å². The number of rotatable bonds is 1. The van der Waals surface area contributed by atoms with Crippen molar-refractivity contribution in [3.05, 3.63) is 35.9 Å². The van der Waals surface area contributed by atoms with E-state index < -0.39 is 0 Å². The monoisotopic (exact) mass is 230 g/mol. The molecule has 0 spiro atoms. The van der Waals surface area contributed by atoms with Gasteiger partial charge in [-0.25, -0.2) is 0 Å². The number of hydrogen-bond donors (Lipinski definition) is 0. The Morgan fingerprint density at radius 2 is 1.91 bits per heavy atom. The minimum atomic E-state index is -0.144. The minimum Gasteiger partial charge on any atom is -0.106 e. The third kappa shape index (κ3) is 1.45. The molecule has 0 amide bonds. The Hall–Kier alpha value is -0.0100. The van der Waals surface area contributed by atoms with Crippen LogP contribution in [0.2, 0.25) is 0 Å². The molecule has 2 atom stereocenters. The van der Waals surface area contributed by atoms with Crippen molar-refractivity contribution < 1.29 is 0 Å². The third-order valence-electron chi connectivity index (χ3n) is 2.03. The predicted octanol–water partition coefficient (Wildman–Crippen LogP) is 3.50. The SMILES string of the molecule is Cl[C@]1(Br)C[C@H]1c1ccccc1. The van der Waals surface area contributed by atoms with Gasteiger partial charge in [0.2, 0.25) is 0 Å².